The Morgan fingerprint density at radius 3 is 2.23 bits per heavy atom. The maximum Gasteiger partial charge on any atom is 0.408 e. The molecule has 242 valence electrons. The van der Waals surface area contributed by atoms with Crippen LogP contribution in [0.15, 0.2) is 41.4 Å². The number of ether oxygens (including phenoxy) is 1. The topological polar surface area (TPSA) is 163 Å². The fourth-order valence-corrected chi connectivity index (χ4v) is 4.74. The molecule has 0 spiro atoms. The van der Waals surface area contributed by atoms with Gasteiger partial charge in [-0.25, -0.2) is 4.79 Å². The highest BCUT2D eigenvalue weighted by Crippen LogP contribution is 2.26. The van der Waals surface area contributed by atoms with Crippen LogP contribution in [0, 0.1) is 5.41 Å². The minimum absolute atomic E-state index is 0.0424. The Balaban J connectivity index is 2.02. The van der Waals surface area contributed by atoms with Gasteiger partial charge in [0.1, 0.15) is 23.7 Å². The SMILES string of the molecule is C=CCC(NC(=O)C1CCCN1C(=O)[C@@H](NC(=O)OC(C)(C)C)C(C)(C)C)C(=O)C(=O)NCC(=O)NCc1ccc(Br)cc1. The number of nitrogens with zero attached hydrogens (tertiary/aromatic N) is 1. The summed E-state index contributed by atoms with van der Waals surface area (Å²) in [6, 6.07) is 4.17. The van der Waals surface area contributed by atoms with Gasteiger partial charge < -0.3 is 30.9 Å². The normalized spacial score (nSPS) is 16.2. The van der Waals surface area contributed by atoms with Crippen LogP contribution in [0.1, 0.15) is 66.4 Å². The summed E-state index contributed by atoms with van der Waals surface area (Å²) in [5, 5.41) is 10.2. The van der Waals surface area contributed by atoms with Gasteiger partial charge >= 0.3 is 6.09 Å². The Kier molecular flexibility index (Phi) is 13.1. The first kappa shape index (κ1) is 36.5. The zero-order chi connectivity index (χ0) is 33.2. The van der Waals surface area contributed by atoms with E-state index in [1.165, 1.54) is 11.0 Å². The van der Waals surface area contributed by atoms with Crippen LogP contribution >= 0.6 is 15.9 Å². The molecule has 1 aliphatic rings. The van der Waals surface area contributed by atoms with E-state index in [0.717, 1.165) is 10.0 Å². The van der Waals surface area contributed by atoms with Crippen molar-refractivity contribution in [1.29, 1.82) is 0 Å². The van der Waals surface area contributed by atoms with E-state index in [9.17, 15) is 28.8 Å². The molecule has 1 aliphatic heterocycles. The van der Waals surface area contributed by atoms with Crippen molar-refractivity contribution in [3.63, 3.8) is 0 Å². The molecule has 5 amide bonds. The lowest BCUT2D eigenvalue weighted by Gasteiger charge is -2.36. The Morgan fingerprint density at radius 2 is 1.66 bits per heavy atom. The van der Waals surface area contributed by atoms with Gasteiger partial charge in [-0.05, 0) is 63.1 Å². The number of hydrogen-bond donors (Lipinski definition) is 4. The van der Waals surface area contributed by atoms with Crippen molar-refractivity contribution in [3.05, 3.63) is 47.0 Å². The third kappa shape index (κ3) is 11.4. The molecule has 1 saturated heterocycles. The van der Waals surface area contributed by atoms with Gasteiger partial charge in [0.25, 0.3) is 5.91 Å². The van der Waals surface area contributed by atoms with Crippen LogP contribution < -0.4 is 21.3 Å². The lowest BCUT2D eigenvalue weighted by atomic mass is 9.85. The maximum atomic E-state index is 13.7. The van der Waals surface area contributed by atoms with Crippen LogP contribution in [-0.4, -0.2) is 77.2 Å². The Bertz CT molecular complexity index is 1240. The minimum Gasteiger partial charge on any atom is -0.444 e. The smallest absolute Gasteiger partial charge is 0.408 e. The first-order valence-corrected chi connectivity index (χ1v) is 15.3. The van der Waals surface area contributed by atoms with Crippen molar-refractivity contribution in [2.45, 2.75) is 91.1 Å². The van der Waals surface area contributed by atoms with Gasteiger partial charge in [-0.1, -0.05) is 54.9 Å². The van der Waals surface area contributed by atoms with Gasteiger partial charge in [0.05, 0.1) is 6.54 Å². The highest BCUT2D eigenvalue weighted by molar-refractivity contribution is 9.10. The standard InChI is InChI=1S/C31H44BrN5O7/c1-8-10-21(24(39)27(41)34-18-23(38)33-17-19-12-14-20(32)15-13-19)35-26(40)22-11-9-16-37(22)28(42)25(30(2,3)4)36-29(43)44-31(5,6)7/h8,12-15,21-22,25H,1,9-11,16-18H2,2-7H3,(H,33,38)(H,34,41)(H,35,40)(H,36,43)/t21?,22?,25-/m1/s1. The number of nitrogens with one attached hydrogen (secondary N) is 4. The number of carbonyl (C=O) groups is 6. The molecule has 0 saturated carbocycles. The van der Waals surface area contributed by atoms with Gasteiger partial charge in [-0.15, -0.1) is 6.58 Å². The molecular weight excluding hydrogens is 634 g/mol. The molecule has 2 rings (SSSR count). The largest absolute Gasteiger partial charge is 0.444 e. The Labute approximate surface area is 267 Å². The van der Waals surface area contributed by atoms with Crippen molar-refractivity contribution >= 4 is 51.4 Å². The monoisotopic (exact) mass is 677 g/mol. The number of amides is 5. The number of rotatable bonds is 12. The highest BCUT2D eigenvalue weighted by atomic mass is 79.9. The van der Waals surface area contributed by atoms with Crippen molar-refractivity contribution in [3.8, 4) is 0 Å². The van der Waals surface area contributed by atoms with Crippen molar-refractivity contribution in [1.82, 2.24) is 26.2 Å². The summed E-state index contributed by atoms with van der Waals surface area (Å²) in [5.74, 6) is -3.55. The second-order valence-electron chi connectivity index (χ2n) is 12.7. The molecule has 2 unspecified atom stereocenters. The molecule has 1 aromatic rings. The zero-order valence-electron chi connectivity index (χ0n) is 26.3. The number of likely N-dealkylation sites (tertiary alicyclic amines) is 1. The van der Waals surface area contributed by atoms with E-state index in [4.69, 9.17) is 4.74 Å². The molecule has 12 nitrogen and oxygen atoms in total. The first-order chi connectivity index (χ1) is 20.4. The number of Topliss-reactive ketones (excluding diaryl/α,β-unsaturated/α-hetero) is 1. The van der Waals surface area contributed by atoms with Crippen LogP contribution in [0.25, 0.3) is 0 Å². The molecule has 3 atom stereocenters. The van der Waals surface area contributed by atoms with Gasteiger partial charge in [-0.3, -0.25) is 24.0 Å². The second-order valence-corrected chi connectivity index (χ2v) is 13.6. The highest BCUT2D eigenvalue weighted by Gasteiger charge is 2.43. The summed E-state index contributed by atoms with van der Waals surface area (Å²) in [6.07, 6.45) is 1.46. The summed E-state index contributed by atoms with van der Waals surface area (Å²) in [4.78, 5) is 78.7. The summed E-state index contributed by atoms with van der Waals surface area (Å²) in [6.45, 7) is 14.2. The lowest BCUT2D eigenvalue weighted by molar-refractivity contribution is -0.144. The van der Waals surface area contributed by atoms with E-state index in [1.54, 1.807) is 41.5 Å². The molecule has 1 heterocycles. The van der Waals surface area contributed by atoms with E-state index < -0.39 is 71.2 Å². The second kappa shape index (κ2) is 15.8. The Hall–Kier alpha value is -3.74. The fraction of sp³-hybridized carbons (Fsp3) is 0.548. The first-order valence-electron chi connectivity index (χ1n) is 14.5. The molecule has 0 bridgehead atoms. The number of halogens is 1. The van der Waals surface area contributed by atoms with Crippen LogP contribution in [0.5, 0.6) is 0 Å². The summed E-state index contributed by atoms with van der Waals surface area (Å²) in [7, 11) is 0. The average Bonchev–Trinajstić information content (AvgIpc) is 3.42. The molecule has 0 aliphatic carbocycles. The van der Waals surface area contributed by atoms with Crippen LogP contribution in [-0.2, 0) is 35.3 Å². The molecular formula is C31H44BrN5O7. The number of ketones is 1. The molecule has 0 radical (unpaired) electrons. The third-order valence-electron chi connectivity index (χ3n) is 6.68. The number of carbonyl (C=O) groups excluding carboxylic acids is 6. The van der Waals surface area contributed by atoms with Gasteiger partial charge in [0.2, 0.25) is 23.5 Å². The van der Waals surface area contributed by atoms with E-state index >= 15 is 0 Å². The zero-order valence-corrected chi connectivity index (χ0v) is 27.8. The number of hydrogen-bond acceptors (Lipinski definition) is 7. The molecule has 0 aromatic heterocycles. The molecule has 1 fully saturated rings. The third-order valence-corrected chi connectivity index (χ3v) is 7.21. The lowest BCUT2D eigenvalue weighted by Crippen LogP contribution is -2.59. The van der Waals surface area contributed by atoms with Crippen molar-refractivity contribution in [2.24, 2.45) is 5.41 Å². The predicted octanol–water partition coefficient (Wildman–Crippen LogP) is 2.74. The minimum atomic E-state index is -1.25. The fourth-order valence-electron chi connectivity index (χ4n) is 4.48. The average molecular weight is 679 g/mol. The van der Waals surface area contributed by atoms with Crippen molar-refractivity contribution in [2.75, 3.05) is 13.1 Å². The van der Waals surface area contributed by atoms with E-state index in [0.29, 0.717) is 12.8 Å². The maximum absolute atomic E-state index is 13.7. The number of alkyl carbamates (subject to hydrolysis) is 1. The predicted molar refractivity (Wildman–Crippen MR) is 168 cm³/mol. The number of benzene rings is 1. The van der Waals surface area contributed by atoms with Crippen LogP contribution in [0.2, 0.25) is 0 Å². The summed E-state index contributed by atoms with van der Waals surface area (Å²) in [5.41, 5.74) is -0.623. The van der Waals surface area contributed by atoms with Crippen molar-refractivity contribution < 1.29 is 33.5 Å². The van der Waals surface area contributed by atoms with E-state index in [1.807, 2.05) is 24.3 Å². The van der Waals surface area contributed by atoms with Gasteiger partial charge in [-0.2, -0.15) is 0 Å². The quantitative estimate of drug-likeness (QED) is 0.195. The molecule has 13 heteroatoms. The van der Waals surface area contributed by atoms with Crippen LogP contribution in [0.3, 0.4) is 0 Å². The molecule has 4 N–H and O–H groups in total. The van der Waals surface area contributed by atoms with Gasteiger partial charge in [0, 0.05) is 17.6 Å². The van der Waals surface area contributed by atoms with Crippen LogP contribution in [0.4, 0.5) is 4.79 Å². The molecule has 44 heavy (non-hydrogen) atoms. The summed E-state index contributed by atoms with van der Waals surface area (Å²) >= 11 is 3.34. The van der Waals surface area contributed by atoms with Gasteiger partial charge in [0.15, 0.2) is 0 Å². The Morgan fingerprint density at radius 1 is 1.02 bits per heavy atom. The van der Waals surface area contributed by atoms with E-state index in [-0.39, 0.29) is 19.5 Å². The van der Waals surface area contributed by atoms with E-state index in [2.05, 4.69) is 43.8 Å². The molecule has 1 aromatic carbocycles. The summed E-state index contributed by atoms with van der Waals surface area (Å²) < 4.78 is 6.24.